The second-order valence-corrected chi connectivity index (χ2v) is 7.48. The lowest BCUT2D eigenvalue weighted by Crippen LogP contribution is -2.56. The van der Waals surface area contributed by atoms with E-state index in [9.17, 15) is 9.90 Å². The molecule has 4 nitrogen and oxygen atoms in total. The Labute approximate surface area is 119 Å². The first kappa shape index (κ1) is 15.1. The number of hydrogen-bond acceptors (Lipinski definition) is 4. The average molecular weight is 287 g/mol. The van der Waals surface area contributed by atoms with Crippen molar-refractivity contribution in [2.75, 3.05) is 12.4 Å². The van der Waals surface area contributed by atoms with Crippen molar-refractivity contribution in [2.24, 2.45) is 5.92 Å². The van der Waals surface area contributed by atoms with Crippen molar-refractivity contribution in [3.63, 3.8) is 0 Å². The normalized spacial score (nSPS) is 33.1. The van der Waals surface area contributed by atoms with Crippen molar-refractivity contribution in [1.29, 1.82) is 0 Å². The molecule has 0 aromatic carbocycles. The van der Waals surface area contributed by atoms with Gasteiger partial charge in [-0.15, -0.1) is 0 Å². The Morgan fingerprint density at radius 2 is 2.21 bits per heavy atom. The Morgan fingerprint density at radius 1 is 1.47 bits per heavy atom. The van der Waals surface area contributed by atoms with Gasteiger partial charge in [0.15, 0.2) is 0 Å². The molecule has 0 spiro atoms. The minimum Gasteiger partial charge on any atom is -0.480 e. The Kier molecular flexibility index (Phi) is 5.15. The molecule has 2 saturated carbocycles. The molecule has 0 heterocycles. The zero-order chi connectivity index (χ0) is 13.9. The van der Waals surface area contributed by atoms with Crippen molar-refractivity contribution in [2.45, 2.75) is 62.3 Å². The lowest BCUT2D eigenvalue weighted by atomic mass is 9.81. The number of thioether (sulfide) groups is 1. The van der Waals surface area contributed by atoms with E-state index in [0.29, 0.717) is 17.2 Å². The van der Waals surface area contributed by atoms with Crippen LogP contribution in [0.25, 0.3) is 0 Å². The fraction of sp³-hybridized carbons (Fsp3) is 0.929. The van der Waals surface area contributed by atoms with Crippen LogP contribution in [0.3, 0.4) is 0 Å². The molecule has 0 radical (unpaired) electrons. The van der Waals surface area contributed by atoms with Crippen LogP contribution in [0.15, 0.2) is 0 Å². The van der Waals surface area contributed by atoms with Crippen LogP contribution >= 0.6 is 11.8 Å². The van der Waals surface area contributed by atoms with Gasteiger partial charge >= 0.3 is 5.97 Å². The second kappa shape index (κ2) is 6.46. The summed E-state index contributed by atoms with van der Waals surface area (Å²) in [6, 6.07) is 0.427. The molecule has 3 unspecified atom stereocenters. The summed E-state index contributed by atoms with van der Waals surface area (Å²) >= 11 is 1.83. The van der Waals surface area contributed by atoms with Crippen LogP contribution < -0.4 is 5.32 Å². The molecule has 5 heteroatoms. The number of rotatable bonds is 7. The number of aliphatic hydroxyl groups excluding tert-OH is 1. The number of hydrogen-bond donors (Lipinski definition) is 3. The minimum absolute atomic E-state index is 0.212. The second-order valence-electron chi connectivity index (χ2n) is 6.15. The number of nitrogens with one attached hydrogen (secondary N) is 1. The van der Waals surface area contributed by atoms with Crippen LogP contribution in [0.2, 0.25) is 0 Å². The maximum Gasteiger partial charge on any atom is 0.323 e. The molecule has 110 valence electrons. The molecule has 2 aliphatic rings. The SMILES string of the molecule is CC(CO)CSC1CCCC(NC2CC2)(C(=O)O)C1. The zero-order valence-electron chi connectivity index (χ0n) is 11.6. The third-order valence-corrected chi connectivity index (χ3v) is 5.74. The number of aliphatic hydroxyl groups is 1. The van der Waals surface area contributed by atoms with E-state index in [4.69, 9.17) is 5.11 Å². The average Bonchev–Trinajstić information content (AvgIpc) is 3.20. The van der Waals surface area contributed by atoms with Gasteiger partial charge < -0.3 is 10.2 Å². The van der Waals surface area contributed by atoms with E-state index in [1.165, 1.54) is 0 Å². The summed E-state index contributed by atoms with van der Waals surface area (Å²) in [5, 5.41) is 22.4. The smallest absolute Gasteiger partial charge is 0.323 e. The standard InChI is InChI=1S/C14H25NO3S/c1-10(8-16)9-19-12-3-2-6-14(7-12,13(17)18)15-11-4-5-11/h10-12,15-16H,2-9H2,1H3,(H,17,18). The molecule has 0 aliphatic heterocycles. The van der Waals surface area contributed by atoms with Crippen LogP contribution in [0.1, 0.15) is 45.4 Å². The number of aliphatic carboxylic acids is 1. The molecular formula is C14H25NO3S. The maximum atomic E-state index is 11.7. The summed E-state index contributed by atoms with van der Waals surface area (Å²) in [6.45, 7) is 2.24. The van der Waals surface area contributed by atoms with Crippen LogP contribution in [-0.2, 0) is 4.79 Å². The first-order valence-electron chi connectivity index (χ1n) is 7.29. The van der Waals surface area contributed by atoms with Crippen molar-refractivity contribution < 1.29 is 15.0 Å². The minimum atomic E-state index is -0.695. The highest BCUT2D eigenvalue weighted by Gasteiger charge is 2.45. The van der Waals surface area contributed by atoms with Gasteiger partial charge in [0.25, 0.3) is 0 Å². The van der Waals surface area contributed by atoms with Crippen molar-refractivity contribution in [1.82, 2.24) is 5.32 Å². The highest BCUT2D eigenvalue weighted by molar-refractivity contribution is 7.99. The molecule has 0 amide bonds. The molecule has 0 aromatic heterocycles. The predicted octanol–water partition coefficient (Wildman–Crippen LogP) is 1.87. The summed E-state index contributed by atoms with van der Waals surface area (Å²) in [7, 11) is 0. The van der Waals surface area contributed by atoms with Gasteiger partial charge in [-0.2, -0.15) is 11.8 Å². The fourth-order valence-corrected chi connectivity index (χ4v) is 4.17. The molecule has 0 saturated heterocycles. The Balaban J connectivity index is 1.90. The summed E-state index contributed by atoms with van der Waals surface area (Å²) in [5.41, 5.74) is -0.695. The van der Waals surface area contributed by atoms with Crippen LogP contribution in [0.4, 0.5) is 0 Å². The Bertz CT molecular complexity index is 322. The van der Waals surface area contributed by atoms with Gasteiger partial charge in [0.2, 0.25) is 0 Å². The molecule has 2 fully saturated rings. The lowest BCUT2D eigenvalue weighted by Gasteiger charge is -2.38. The Hall–Kier alpha value is -0.260. The highest BCUT2D eigenvalue weighted by Crippen LogP contribution is 2.38. The number of carboxylic acids is 1. The molecular weight excluding hydrogens is 262 g/mol. The van der Waals surface area contributed by atoms with E-state index in [0.717, 1.165) is 44.3 Å². The molecule has 3 atom stereocenters. The van der Waals surface area contributed by atoms with Gasteiger partial charge in [-0.25, -0.2) is 0 Å². The Morgan fingerprint density at radius 3 is 2.79 bits per heavy atom. The highest BCUT2D eigenvalue weighted by atomic mass is 32.2. The van der Waals surface area contributed by atoms with E-state index in [-0.39, 0.29) is 6.61 Å². The molecule has 0 aromatic rings. The predicted molar refractivity (Wildman–Crippen MR) is 77.5 cm³/mol. The van der Waals surface area contributed by atoms with Crippen molar-refractivity contribution in [3.05, 3.63) is 0 Å². The van der Waals surface area contributed by atoms with Gasteiger partial charge in [0.1, 0.15) is 5.54 Å². The summed E-state index contributed by atoms with van der Waals surface area (Å²) in [5.74, 6) is 0.530. The maximum absolute atomic E-state index is 11.7. The zero-order valence-corrected chi connectivity index (χ0v) is 12.4. The van der Waals surface area contributed by atoms with E-state index in [2.05, 4.69) is 5.32 Å². The summed E-state index contributed by atoms with van der Waals surface area (Å²) < 4.78 is 0. The summed E-state index contributed by atoms with van der Waals surface area (Å²) in [6.07, 6.45) is 5.80. The first-order chi connectivity index (χ1) is 9.05. The third-order valence-electron chi connectivity index (χ3n) is 4.10. The van der Waals surface area contributed by atoms with Crippen LogP contribution in [0.5, 0.6) is 0 Å². The molecule has 2 aliphatic carbocycles. The summed E-state index contributed by atoms with van der Waals surface area (Å²) in [4.78, 5) is 11.7. The van der Waals surface area contributed by atoms with E-state index in [1.54, 1.807) is 0 Å². The van der Waals surface area contributed by atoms with E-state index < -0.39 is 11.5 Å². The lowest BCUT2D eigenvalue weighted by molar-refractivity contribution is -0.146. The first-order valence-corrected chi connectivity index (χ1v) is 8.34. The van der Waals surface area contributed by atoms with Gasteiger partial charge in [-0.3, -0.25) is 10.1 Å². The molecule has 3 N–H and O–H groups in total. The van der Waals surface area contributed by atoms with Crippen LogP contribution in [0, 0.1) is 5.92 Å². The number of carbonyl (C=O) groups is 1. The third kappa shape index (κ3) is 4.10. The van der Waals surface area contributed by atoms with Crippen molar-refractivity contribution >= 4 is 17.7 Å². The van der Waals surface area contributed by atoms with Gasteiger partial charge in [0.05, 0.1) is 0 Å². The fourth-order valence-electron chi connectivity index (χ4n) is 2.73. The van der Waals surface area contributed by atoms with E-state index >= 15 is 0 Å². The van der Waals surface area contributed by atoms with Gasteiger partial charge in [-0.1, -0.05) is 6.92 Å². The van der Waals surface area contributed by atoms with Crippen molar-refractivity contribution in [3.8, 4) is 0 Å². The topological polar surface area (TPSA) is 69.6 Å². The van der Waals surface area contributed by atoms with Gasteiger partial charge in [0, 0.05) is 17.9 Å². The molecule has 2 rings (SSSR count). The largest absolute Gasteiger partial charge is 0.480 e. The van der Waals surface area contributed by atoms with E-state index in [1.807, 2.05) is 18.7 Å². The quantitative estimate of drug-likeness (QED) is 0.667. The molecule has 0 bridgehead atoms. The molecule has 19 heavy (non-hydrogen) atoms. The van der Waals surface area contributed by atoms with Gasteiger partial charge in [-0.05, 0) is 50.2 Å². The number of carboxylic acid groups (broad SMARTS) is 1. The monoisotopic (exact) mass is 287 g/mol. The van der Waals surface area contributed by atoms with Crippen LogP contribution in [-0.4, -0.2) is 45.4 Å².